The van der Waals surface area contributed by atoms with E-state index in [4.69, 9.17) is 16.7 Å². The van der Waals surface area contributed by atoms with Gasteiger partial charge in [0.15, 0.2) is 6.29 Å². The van der Waals surface area contributed by atoms with E-state index in [-0.39, 0.29) is 22.6 Å². The van der Waals surface area contributed by atoms with Gasteiger partial charge in [0.25, 0.3) is 5.69 Å². The highest BCUT2D eigenvalue weighted by Crippen LogP contribution is 2.30. The standard InChI is InChI=1S/C7H4ClNO4/c8-5-2-6(9(12)13)4(3-10)1-7(5)11/h1-3,11H. The van der Waals surface area contributed by atoms with Gasteiger partial charge in [0.2, 0.25) is 0 Å². The van der Waals surface area contributed by atoms with Crippen molar-refractivity contribution < 1.29 is 14.8 Å². The molecule has 0 heterocycles. The minimum Gasteiger partial charge on any atom is -0.506 e. The summed E-state index contributed by atoms with van der Waals surface area (Å²) in [5, 5.41) is 19.2. The number of nitro groups is 1. The lowest BCUT2D eigenvalue weighted by Crippen LogP contribution is -1.94. The second kappa shape index (κ2) is 3.40. The van der Waals surface area contributed by atoms with Gasteiger partial charge in [-0.25, -0.2) is 0 Å². The summed E-state index contributed by atoms with van der Waals surface area (Å²) in [5.74, 6) is -0.352. The van der Waals surface area contributed by atoms with Crippen LogP contribution in [-0.2, 0) is 0 Å². The van der Waals surface area contributed by atoms with Gasteiger partial charge >= 0.3 is 0 Å². The van der Waals surface area contributed by atoms with Crippen LogP contribution in [-0.4, -0.2) is 16.3 Å². The number of aldehydes is 1. The predicted molar refractivity (Wildman–Crippen MR) is 45.2 cm³/mol. The number of phenols is 1. The second-order valence-electron chi connectivity index (χ2n) is 2.24. The molecule has 0 aromatic heterocycles. The third-order valence-electron chi connectivity index (χ3n) is 1.42. The number of carbonyl (C=O) groups excluding carboxylic acids is 1. The Morgan fingerprint density at radius 2 is 2.15 bits per heavy atom. The molecule has 0 saturated heterocycles. The first kappa shape index (κ1) is 9.47. The van der Waals surface area contributed by atoms with Gasteiger partial charge in [-0.1, -0.05) is 11.6 Å². The van der Waals surface area contributed by atoms with Gasteiger partial charge in [-0.05, 0) is 6.07 Å². The molecule has 1 aromatic carbocycles. The lowest BCUT2D eigenvalue weighted by atomic mass is 10.2. The number of hydrogen-bond acceptors (Lipinski definition) is 4. The molecule has 0 fully saturated rings. The molecular formula is C7H4ClNO4. The average Bonchev–Trinajstić information content (AvgIpc) is 2.08. The highest BCUT2D eigenvalue weighted by molar-refractivity contribution is 6.32. The monoisotopic (exact) mass is 201 g/mol. The van der Waals surface area contributed by atoms with E-state index in [2.05, 4.69) is 0 Å². The van der Waals surface area contributed by atoms with Crippen LogP contribution in [0.5, 0.6) is 5.75 Å². The molecule has 6 heteroatoms. The van der Waals surface area contributed by atoms with E-state index in [1.54, 1.807) is 0 Å². The summed E-state index contributed by atoms with van der Waals surface area (Å²) >= 11 is 5.42. The Bertz CT molecular complexity index is 377. The molecule has 68 valence electrons. The number of phenolic OH excluding ortho intramolecular Hbond substituents is 1. The number of benzene rings is 1. The van der Waals surface area contributed by atoms with Gasteiger partial charge in [0, 0.05) is 6.07 Å². The smallest absolute Gasteiger partial charge is 0.281 e. The Morgan fingerprint density at radius 1 is 1.54 bits per heavy atom. The van der Waals surface area contributed by atoms with Gasteiger partial charge in [-0.15, -0.1) is 0 Å². The molecule has 0 spiro atoms. The largest absolute Gasteiger partial charge is 0.506 e. The van der Waals surface area contributed by atoms with Crippen molar-refractivity contribution in [2.45, 2.75) is 0 Å². The Labute approximate surface area is 77.7 Å². The minimum absolute atomic E-state index is 0.155. The van der Waals surface area contributed by atoms with Crippen LogP contribution >= 0.6 is 11.6 Å². The SMILES string of the molecule is O=Cc1cc(O)c(Cl)cc1[N+](=O)[O-]. The van der Waals surface area contributed by atoms with Crippen molar-refractivity contribution in [2.75, 3.05) is 0 Å². The van der Waals surface area contributed by atoms with Gasteiger partial charge in [0.1, 0.15) is 5.75 Å². The van der Waals surface area contributed by atoms with Gasteiger partial charge < -0.3 is 5.11 Å². The molecule has 1 rings (SSSR count). The predicted octanol–water partition coefficient (Wildman–Crippen LogP) is 1.77. The number of carbonyl (C=O) groups is 1. The first-order valence-corrected chi connectivity index (χ1v) is 3.56. The average molecular weight is 202 g/mol. The van der Waals surface area contributed by atoms with Crippen molar-refractivity contribution in [1.82, 2.24) is 0 Å². The van der Waals surface area contributed by atoms with Gasteiger partial charge in [-0.3, -0.25) is 14.9 Å². The third kappa shape index (κ3) is 1.75. The van der Waals surface area contributed by atoms with Crippen molar-refractivity contribution in [3.8, 4) is 5.75 Å². The molecule has 1 aromatic rings. The topological polar surface area (TPSA) is 80.4 Å². The first-order valence-electron chi connectivity index (χ1n) is 3.18. The molecule has 0 aliphatic carbocycles. The van der Waals surface area contributed by atoms with E-state index >= 15 is 0 Å². The molecule has 0 aliphatic rings. The molecule has 5 nitrogen and oxygen atoms in total. The fraction of sp³-hybridized carbons (Fsp3) is 0. The fourth-order valence-corrected chi connectivity index (χ4v) is 0.978. The molecule has 0 bridgehead atoms. The van der Waals surface area contributed by atoms with E-state index in [1.807, 2.05) is 0 Å². The first-order chi connectivity index (χ1) is 6.06. The van der Waals surface area contributed by atoms with E-state index in [9.17, 15) is 14.9 Å². The summed E-state index contributed by atoms with van der Waals surface area (Å²) in [6, 6.07) is 1.88. The maximum Gasteiger partial charge on any atom is 0.281 e. The van der Waals surface area contributed by atoms with Gasteiger partial charge in [-0.2, -0.15) is 0 Å². The summed E-state index contributed by atoms with van der Waals surface area (Å²) in [7, 11) is 0. The number of nitrogens with zero attached hydrogens (tertiary/aromatic N) is 1. The Balaban J connectivity index is 3.41. The van der Waals surface area contributed by atoms with Crippen molar-refractivity contribution in [2.24, 2.45) is 0 Å². The van der Waals surface area contributed by atoms with Crippen LogP contribution in [0.4, 0.5) is 5.69 Å². The lowest BCUT2D eigenvalue weighted by Gasteiger charge is -1.98. The normalized spacial score (nSPS) is 9.62. The van der Waals surface area contributed by atoms with Crippen LogP contribution < -0.4 is 0 Å². The molecular weight excluding hydrogens is 198 g/mol. The minimum atomic E-state index is -0.741. The molecule has 0 amide bonds. The zero-order valence-electron chi connectivity index (χ0n) is 6.23. The number of aromatic hydroxyl groups is 1. The highest BCUT2D eigenvalue weighted by Gasteiger charge is 2.16. The van der Waals surface area contributed by atoms with Crippen LogP contribution in [0, 0.1) is 10.1 Å². The summed E-state index contributed by atoms with van der Waals surface area (Å²) in [4.78, 5) is 19.9. The zero-order chi connectivity index (χ0) is 10.0. The maximum absolute atomic E-state index is 10.4. The molecule has 0 saturated carbocycles. The molecule has 0 unspecified atom stereocenters. The quantitative estimate of drug-likeness (QED) is 0.449. The van der Waals surface area contributed by atoms with Crippen molar-refractivity contribution in [3.63, 3.8) is 0 Å². The summed E-state index contributed by atoms with van der Waals surface area (Å²) in [6.45, 7) is 0. The van der Waals surface area contributed by atoms with Crippen LogP contribution in [0.25, 0.3) is 0 Å². The molecule has 0 atom stereocenters. The summed E-state index contributed by atoms with van der Waals surface area (Å²) < 4.78 is 0. The van der Waals surface area contributed by atoms with Crippen LogP contribution in [0.15, 0.2) is 12.1 Å². The zero-order valence-corrected chi connectivity index (χ0v) is 6.99. The van der Waals surface area contributed by atoms with E-state index < -0.39 is 10.6 Å². The Kier molecular flexibility index (Phi) is 2.48. The second-order valence-corrected chi connectivity index (χ2v) is 2.64. The highest BCUT2D eigenvalue weighted by atomic mass is 35.5. The molecule has 0 aliphatic heterocycles. The van der Waals surface area contributed by atoms with Crippen LogP contribution in [0.3, 0.4) is 0 Å². The van der Waals surface area contributed by atoms with Gasteiger partial charge in [0.05, 0.1) is 15.5 Å². The third-order valence-corrected chi connectivity index (χ3v) is 1.72. The van der Waals surface area contributed by atoms with E-state index in [1.165, 1.54) is 0 Å². The molecule has 13 heavy (non-hydrogen) atoms. The fourth-order valence-electron chi connectivity index (χ4n) is 0.820. The van der Waals surface area contributed by atoms with Crippen molar-refractivity contribution >= 4 is 23.6 Å². The van der Waals surface area contributed by atoms with Crippen molar-refractivity contribution in [1.29, 1.82) is 0 Å². The van der Waals surface area contributed by atoms with Crippen molar-refractivity contribution in [3.05, 3.63) is 32.8 Å². The van der Waals surface area contributed by atoms with E-state index in [0.717, 1.165) is 12.1 Å². The number of halogens is 1. The molecule has 1 N–H and O–H groups in total. The number of nitro benzene ring substituents is 1. The number of rotatable bonds is 2. The maximum atomic E-state index is 10.4. The van der Waals surface area contributed by atoms with Crippen LogP contribution in [0.2, 0.25) is 5.02 Å². The molecule has 0 radical (unpaired) electrons. The summed E-state index contributed by atoms with van der Waals surface area (Å²) in [5.41, 5.74) is -0.621. The lowest BCUT2D eigenvalue weighted by molar-refractivity contribution is -0.385. The van der Waals surface area contributed by atoms with E-state index in [0.29, 0.717) is 0 Å². The Hall–Kier alpha value is -1.62. The Morgan fingerprint density at radius 3 is 2.62 bits per heavy atom. The van der Waals surface area contributed by atoms with Crippen LogP contribution in [0.1, 0.15) is 10.4 Å². The number of hydrogen-bond donors (Lipinski definition) is 1. The summed E-state index contributed by atoms with van der Waals surface area (Å²) in [6.07, 6.45) is 0.286.